The van der Waals surface area contributed by atoms with Gasteiger partial charge in [-0.1, -0.05) is 30.0 Å². The van der Waals surface area contributed by atoms with Crippen LogP contribution in [0.2, 0.25) is 0 Å². The summed E-state index contributed by atoms with van der Waals surface area (Å²) in [5.41, 5.74) is -0.888. The minimum Gasteiger partial charge on any atom is -0.208 e. The summed E-state index contributed by atoms with van der Waals surface area (Å²) in [6.07, 6.45) is -3.49. The first kappa shape index (κ1) is 11.4. The van der Waals surface area contributed by atoms with Crippen molar-refractivity contribution in [2.45, 2.75) is 6.18 Å². The Morgan fingerprint density at radius 2 is 1.82 bits per heavy atom. The highest BCUT2D eigenvalue weighted by atomic mass is 19.4. The van der Waals surface area contributed by atoms with Gasteiger partial charge in [-0.2, -0.15) is 13.2 Å². The molecule has 0 atom stereocenters. The Morgan fingerprint density at radius 3 is 2.35 bits per heavy atom. The maximum atomic E-state index is 12.9. The standard InChI is InChI=1S/C11H8F3N3/c1-2-9-10(11(12,13)14)17(16-15-9)8-6-4-3-5-7-8/h2-7H,1H2. The third-order valence-corrected chi connectivity index (χ3v) is 2.16. The van der Waals surface area contributed by atoms with Gasteiger partial charge in [0.05, 0.1) is 5.69 Å². The van der Waals surface area contributed by atoms with Gasteiger partial charge in [0.15, 0.2) is 5.69 Å². The molecule has 0 unspecified atom stereocenters. The van der Waals surface area contributed by atoms with Crippen molar-refractivity contribution in [3.05, 3.63) is 48.3 Å². The molecule has 0 saturated heterocycles. The lowest BCUT2D eigenvalue weighted by molar-refractivity contribution is -0.143. The second kappa shape index (κ2) is 4.04. The number of para-hydroxylation sites is 1. The van der Waals surface area contributed by atoms with Gasteiger partial charge in [0.2, 0.25) is 0 Å². The molecule has 0 bridgehead atoms. The maximum Gasteiger partial charge on any atom is 0.435 e. The molecule has 0 spiro atoms. The van der Waals surface area contributed by atoms with Crippen LogP contribution in [0.4, 0.5) is 13.2 Å². The van der Waals surface area contributed by atoms with E-state index in [1.165, 1.54) is 12.1 Å². The highest BCUT2D eigenvalue weighted by Gasteiger charge is 2.38. The number of nitrogens with zero attached hydrogens (tertiary/aromatic N) is 3. The highest BCUT2D eigenvalue weighted by Crippen LogP contribution is 2.32. The molecule has 1 heterocycles. The Bertz CT molecular complexity index is 529. The molecule has 1 aromatic heterocycles. The van der Waals surface area contributed by atoms with E-state index in [2.05, 4.69) is 16.9 Å². The first-order chi connectivity index (χ1) is 8.04. The first-order valence-corrected chi connectivity index (χ1v) is 4.75. The molecule has 2 aromatic rings. The van der Waals surface area contributed by atoms with E-state index < -0.39 is 11.9 Å². The Kier molecular flexibility index (Phi) is 2.71. The molecule has 3 nitrogen and oxygen atoms in total. The Hall–Kier alpha value is -2.11. The molecule has 0 N–H and O–H groups in total. The van der Waals surface area contributed by atoms with Crippen molar-refractivity contribution >= 4 is 6.08 Å². The third-order valence-electron chi connectivity index (χ3n) is 2.16. The van der Waals surface area contributed by atoms with Gasteiger partial charge >= 0.3 is 6.18 Å². The molecular weight excluding hydrogens is 231 g/mol. The molecule has 1 aromatic carbocycles. The summed E-state index contributed by atoms with van der Waals surface area (Å²) in [5, 5.41) is 6.95. The number of aromatic nitrogens is 3. The molecule has 88 valence electrons. The van der Waals surface area contributed by atoms with Gasteiger partial charge in [-0.15, -0.1) is 5.10 Å². The Labute approximate surface area is 95.2 Å². The normalized spacial score (nSPS) is 11.5. The molecule has 0 fully saturated rings. The summed E-state index contributed by atoms with van der Waals surface area (Å²) in [6.45, 7) is 3.30. The highest BCUT2D eigenvalue weighted by molar-refractivity contribution is 5.47. The zero-order chi connectivity index (χ0) is 12.5. The summed E-state index contributed by atoms with van der Waals surface area (Å²) in [7, 11) is 0. The molecule has 0 aliphatic heterocycles. The minimum absolute atomic E-state index is 0.277. The molecular formula is C11H8F3N3. The molecule has 6 heteroatoms. The van der Waals surface area contributed by atoms with Crippen molar-refractivity contribution in [2.24, 2.45) is 0 Å². The lowest BCUT2D eigenvalue weighted by Gasteiger charge is -2.09. The van der Waals surface area contributed by atoms with Gasteiger partial charge < -0.3 is 0 Å². The average molecular weight is 239 g/mol. The molecule has 0 saturated carbocycles. The van der Waals surface area contributed by atoms with Crippen molar-refractivity contribution in [1.29, 1.82) is 0 Å². The molecule has 2 rings (SSSR count). The van der Waals surface area contributed by atoms with E-state index in [-0.39, 0.29) is 5.69 Å². The fraction of sp³-hybridized carbons (Fsp3) is 0.0909. The predicted octanol–water partition coefficient (Wildman–Crippen LogP) is 2.93. The van der Waals surface area contributed by atoms with E-state index in [0.29, 0.717) is 5.69 Å². The predicted molar refractivity (Wildman–Crippen MR) is 56.5 cm³/mol. The second-order valence-electron chi connectivity index (χ2n) is 3.27. The number of alkyl halides is 3. The molecule has 0 amide bonds. The summed E-state index contributed by atoms with van der Waals surface area (Å²) in [4.78, 5) is 0. The van der Waals surface area contributed by atoms with Gasteiger partial charge in [0, 0.05) is 0 Å². The molecule has 17 heavy (non-hydrogen) atoms. The first-order valence-electron chi connectivity index (χ1n) is 4.75. The second-order valence-corrected chi connectivity index (χ2v) is 3.27. The number of benzene rings is 1. The van der Waals surface area contributed by atoms with Crippen LogP contribution in [0.5, 0.6) is 0 Å². The summed E-state index contributed by atoms with van der Waals surface area (Å²) in [5.74, 6) is 0. The number of halogens is 3. The zero-order valence-corrected chi connectivity index (χ0v) is 8.65. The zero-order valence-electron chi connectivity index (χ0n) is 8.65. The summed E-state index contributed by atoms with van der Waals surface area (Å²) in [6, 6.07) is 8.02. The Balaban J connectivity index is 2.64. The molecule has 0 aliphatic carbocycles. The van der Waals surface area contributed by atoms with Crippen LogP contribution in [-0.4, -0.2) is 15.0 Å². The van der Waals surface area contributed by atoms with Crippen LogP contribution >= 0.6 is 0 Å². The fourth-order valence-corrected chi connectivity index (χ4v) is 1.45. The molecule has 0 aliphatic rings. The lowest BCUT2D eigenvalue weighted by Crippen LogP contribution is -2.14. The smallest absolute Gasteiger partial charge is 0.208 e. The third kappa shape index (κ3) is 2.06. The van der Waals surface area contributed by atoms with Crippen LogP contribution in [0.3, 0.4) is 0 Å². The molecule has 0 radical (unpaired) electrons. The quantitative estimate of drug-likeness (QED) is 0.806. The van der Waals surface area contributed by atoms with E-state index >= 15 is 0 Å². The van der Waals surface area contributed by atoms with Crippen molar-refractivity contribution in [1.82, 2.24) is 15.0 Å². The van der Waals surface area contributed by atoms with Gasteiger partial charge in [-0.25, -0.2) is 4.68 Å². The van der Waals surface area contributed by atoms with Crippen LogP contribution in [-0.2, 0) is 6.18 Å². The number of hydrogen-bond donors (Lipinski definition) is 0. The maximum absolute atomic E-state index is 12.9. The average Bonchev–Trinajstić information content (AvgIpc) is 2.73. The number of hydrogen-bond acceptors (Lipinski definition) is 2. The van der Waals surface area contributed by atoms with Gasteiger partial charge in [-0.05, 0) is 18.2 Å². The summed E-state index contributed by atoms with van der Waals surface area (Å²) >= 11 is 0. The van der Waals surface area contributed by atoms with Gasteiger partial charge in [-0.3, -0.25) is 0 Å². The fourth-order valence-electron chi connectivity index (χ4n) is 1.45. The Morgan fingerprint density at radius 1 is 1.18 bits per heavy atom. The van der Waals surface area contributed by atoms with Crippen molar-refractivity contribution < 1.29 is 13.2 Å². The van der Waals surface area contributed by atoms with Crippen LogP contribution in [0.15, 0.2) is 36.9 Å². The largest absolute Gasteiger partial charge is 0.435 e. The van der Waals surface area contributed by atoms with Crippen molar-refractivity contribution in [3.63, 3.8) is 0 Å². The minimum atomic E-state index is -4.52. The van der Waals surface area contributed by atoms with Crippen LogP contribution < -0.4 is 0 Å². The van der Waals surface area contributed by atoms with E-state index in [4.69, 9.17) is 0 Å². The van der Waals surface area contributed by atoms with E-state index in [1.807, 2.05) is 0 Å². The number of rotatable bonds is 2. The van der Waals surface area contributed by atoms with Gasteiger partial charge in [0.1, 0.15) is 5.69 Å². The van der Waals surface area contributed by atoms with Crippen LogP contribution in [0, 0.1) is 0 Å². The van der Waals surface area contributed by atoms with Crippen LogP contribution in [0.25, 0.3) is 11.8 Å². The van der Waals surface area contributed by atoms with E-state index in [0.717, 1.165) is 10.8 Å². The van der Waals surface area contributed by atoms with Crippen LogP contribution in [0.1, 0.15) is 11.4 Å². The van der Waals surface area contributed by atoms with Crippen molar-refractivity contribution in [3.8, 4) is 5.69 Å². The van der Waals surface area contributed by atoms with Crippen molar-refractivity contribution in [2.75, 3.05) is 0 Å². The topological polar surface area (TPSA) is 30.7 Å². The van der Waals surface area contributed by atoms with Gasteiger partial charge in [0.25, 0.3) is 0 Å². The lowest BCUT2D eigenvalue weighted by atomic mass is 10.2. The monoisotopic (exact) mass is 239 g/mol. The summed E-state index contributed by atoms with van der Waals surface area (Å²) < 4.78 is 39.4. The van der Waals surface area contributed by atoms with E-state index in [9.17, 15) is 13.2 Å². The SMILES string of the molecule is C=Cc1nnn(-c2ccccc2)c1C(F)(F)F. The van der Waals surface area contributed by atoms with E-state index in [1.54, 1.807) is 18.2 Å².